The van der Waals surface area contributed by atoms with Gasteiger partial charge in [0.15, 0.2) is 23.2 Å². The molecule has 0 aliphatic rings. The lowest BCUT2D eigenvalue weighted by Gasteiger charge is -2.19. The quantitative estimate of drug-likeness (QED) is 0.0652. The summed E-state index contributed by atoms with van der Waals surface area (Å²) >= 11 is 0. The molecule has 0 radical (unpaired) electrons. The minimum absolute atomic E-state index is 0.401. The molecule has 0 heterocycles. The van der Waals surface area contributed by atoms with Crippen LogP contribution in [-0.2, 0) is 6.67 Å². The third kappa shape index (κ3) is 13.9. The van der Waals surface area contributed by atoms with Crippen LogP contribution < -0.4 is 19.2 Å². The lowest BCUT2D eigenvalue weighted by atomic mass is 10.0. The minimum atomic E-state index is -1.65. The molecule has 0 N–H and O–H groups in total. The fraction of sp³-hybridized carbons (Fsp3) is 0.514. The summed E-state index contributed by atoms with van der Waals surface area (Å²) in [6.07, 6.45) is 13.8. The van der Waals surface area contributed by atoms with Crippen LogP contribution in [0.2, 0.25) is 0 Å². The monoisotopic (exact) mass is 652 g/mol. The van der Waals surface area contributed by atoms with Gasteiger partial charge < -0.3 is 14.2 Å². The summed E-state index contributed by atoms with van der Waals surface area (Å²) in [6.45, 7) is 8.19. The maximum atomic E-state index is 13.1. The number of hydrogen-bond donors (Lipinski definition) is 0. The van der Waals surface area contributed by atoms with E-state index in [1.807, 2.05) is 36.4 Å². The minimum Gasteiger partial charge on any atom is -0.493 e. The van der Waals surface area contributed by atoms with E-state index in [1.165, 1.54) is 44.9 Å². The first-order chi connectivity index (χ1) is 22.4. The van der Waals surface area contributed by atoms with Crippen molar-refractivity contribution in [1.29, 1.82) is 0 Å². The molecule has 46 heavy (non-hydrogen) atoms. The van der Waals surface area contributed by atoms with Crippen LogP contribution in [0.5, 0.6) is 23.0 Å². The first kappa shape index (κ1) is 38.7. The van der Waals surface area contributed by atoms with Gasteiger partial charge in [0.1, 0.15) is 23.9 Å². The van der Waals surface area contributed by atoms with Crippen LogP contribution in [0.15, 0.2) is 48.5 Å². The highest BCUT2D eigenvalue weighted by atomic mass is 19.3. The van der Waals surface area contributed by atoms with Gasteiger partial charge in [-0.1, -0.05) is 103 Å². The number of halogens is 5. The smallest absolute Gasteiger partial charge is 0.194 e. The molecule has 0 atom stereocenters. The van der Waals surface area contributed by atoms with E-state index in [0.29, 0.717) is 37.5 Å². The van der Waals surface area contributed by atoms with E-state index in [9.17, 15) is 22.1 Å². The predicted molar refractivity (Wildman–Crippen MR) is 174 cm³/mol. The second-order valence-corrected chi connectivity index (χ2v) is 11.1. The normalized spacial score (nSPS) is 10.7. The van der Waals surface area contributed by atoms with Gasteiger partial charge in [-0.15, -0.1) is 0 Å². The molecule has 3 rings (SSSR count). The highest BCUT2D eigenvalue weighted by Gasteiger charge is 2.17. The van der Waals surface area contributed by atoms with E-state index < -0.39 is 29.9 Å². The van der Waals surface area contributed by atoms with Crippen molar-refractivity contribution in [2.24, 2.45) is 0 Å². The highest BCUT2D eigenvalue weighted by molar-refractivity contribution is 5.78. The van der Waals surface area contributed by atoms with E-state index in [4.69, 9.17) is 14.2 Å². The molecule has 0 aromatic heterocycles. The molecule has 0 bridgehead atoms. The molecule has 3 aromatic rings. The number of benzene rings is 3. The lowest BCUT2D eigenvalue weighted by Crippen LogP contribution is -2.05. The van der Waals surface area contributed by atoms with Gasteiger partial charge in [0.05, 0.1) is 25.4 Å². The summed E-state index contributed by atoms with van der Waals surface area (Å²) in [4.78, 5) is 2.98. The number of hydrogen-bond acceptors (Lipinski definition) is 4. The standard InChI is InChI=1S/C31H47FO3.C6H2F4O/c1-4-7-10-13-20-33-28-23-29(34-21-14-11-8-5-2)31(27-18-16-26(25-32)17-19-27)30(24-28)35-22-15-12-9-6-3;7-4-1-3(11-10)2-5(8)6(4)9/h16-19,23-24H,4-15,20-22,25H2,1-3H3;1-2H. The summed E-state index contributed by atoms with van der Waals surface area (Å²) in [5, 5.41) is 0. The number of ether oxygens (including phenoxy) is 3. The topological polar surface area (TPSA) is 36.9 Å². The lowest BCUT2D eigenvalue weighted by molar-refractivity contribution is -0.00711. The Labute approximate surface area is 271 Å². The molecule has 4 nitrogen and oxygen atoms in total. The van der Waals surface area contributed by atoms with Crippen LogP contribution in [0.3, 0.4) is 0 Å². The summed E-state index contributed by atoms with van der Waals surface area (Å²) < 4.78 is 79.7. The summed E-state index contributed by atoms with van der Waals surface area (Å²) in [7, 11) is 0. The Bertz CT molecular complexity index is 1200. The van der Waals surface area contributed by atoms with Gasteiger partial charge in [-0.05, 0) is 30.4 Å². The average Bonchev–Trinajstić information content (AvgIpc) is 3.07. The Kier molecular flexibility index (Phi) is 19.3. The molecule has 256 valence electrons. The van der Waals surface area contributed by atoms with Crippen LogP contribution in [0.1, 0.15) is 103 Å². The van der Waals surface area contributed by atoms with E-state index in [-0.39, 0.29) is 0 Å². The fourth-order valence-electron chi connectivity index (χ4n) is 4.64. The SMILES string of the molecule is CCCCCCOc1cc(OCCCCCC)c(-c2ccc(CF)cc2)c(OCCCCCC)c1.FOc1cc(F)c(F)c(F)c1. The molecular weight excluding hydrogens is 603 g/mol. The van der Waals surface area contributed by atoms with E-state index in [1.54, 1.807) is 0 Å². The number of rotatable bonds is 21. The van der Waals surface area contributed by atoms with Crippen molar-refractivity contribution >= 4 is 0 Å². The van der Waals surface area contributed by atoms with Crippen molar-refractivity contribution in [3.63, 3.8) is 0 Å². The zero-order chi connectivity index (χ0) is 33.6. The van der Waals surface area contributed by atoms with Crippen molar-refractivity contribution in [3.05, 3.63) is 71.5 Å². The van der Waals surface area contributed by atoms with Crippen molar-refractivity contribution in [1.82, 2.24) is 0 Å². The number of unbranched alkanes of at least 4 members (excludes halogenated alkanes) is 9. The molecule has 0 aliphatic carbocycles. The second-order valence-electron chi connectivity index (χ2n) is 11.1. The average molecular weight is 653 g/mol. The maximum absolute atomic E-state index is 13.1. The Morgan fingerprint density at radius 3 is 1.41 bits per heavy atom. The van der Waals surface area contributed by atoms with Crippen LogP contribution in [0.4, 0.5) is 22.1 Å². The molecule has 0 fully saturated rings. The third-order valence-corrected chi connectivity index (χ3v) is 7.26. The Morgan fingerprint density at radius 2 is 1.00 bits per heavy atom. The van der Waals surface area contributed by atoms with Gasteiger partial charge in [-0.2, -0.15) is 0 Å². The third-order valence-electron chi connectivity index (χ3n) is 7.26. The first-order valence-electron chi connectivity index (χ1n) is 16.5. The van der Waals surface area contributed by atoms with Crippen molar-refractivity contribution in [3.8, 4) is 34.1 Å². The number of alkyl halides is 1. The zero-order valence-electron chi connectivity index (χ0n) is 27.5. The molecule has 0 saturated heterocycles. The summed E-state index contributed by atoms with van der Waals surface area (Å²) in [5.41, 5.74) is 2.58. The molecule has 0 aliphatic heterocycles. The van der Waals surface area contributed by atoms with Crippen LogP contribution in [-0.4, -0.2) is 19.8 Å². The summed E-state index contributed by atoms with van der Waals surface area (Å²) in [6, 6.07) is 12.4. The van der Waals surface area contributed by atoms with Crippen LogP contribution in [0.25, 0.3) is 11.1 Å². The maximum Gasteiger partial charge on any atom is 0.194 e. The second kappa shape index (κ2) is 22.9. The fourth-order valence-corrected chi connectivity index (χ4v) is 4.64. The largest absolute Gasteiger partial charge is 0.493 e. The van der Waals surface area contributed by atoms with E-state index >= 15 is 0 Å². The van der Waals surface area contributed by atoms with Gasteiger partial charge in [-0.25, -0.2) is 17.6 Å². The van der Waals surface area contributed by atoms with Gasteiger partial charge in [0, 0.05) is 28.8 Å². The van der Waals surface area contributed by atoms with Gasteiger partial charge in [0.2, 0.25) is 0 Å². The molecular formula is C37H49F5O4. The first-order valence-corrected chi connectivity index (χ1v) is 16.5. The van der Waals surface area contributed by atoms with E-state index in [0.717, 1.165) is 60.5 Å². The van der Waals surface area contributed by atoms with Gasteiger partial charge >= 0.3 is 0 Å². The Hall–Kier alpha value is -3.49. The molecule has 0 spiro atoms. The highest BCUT2D eigenvalue weighted by Crippen LogP contribution is 2.42. The van der Waals surface area contributed by atoms with E-state index in [2.05, 4.69) is 25.7 Å². The predicted octanol–water partition coefficient (Wildman–Crippen LogP) is 12.1. The van der Waals surface area contributed by atoms with Gasteiger partial charge in [0.25, 0.3) is 0 Å². The Morgan fingerprint density at radius 1 is 0.543 bits per heavy atom. The van der Waals surface area contributed by atoms with Crippen molar-refractivity contribution < 1.29 is 41.2 Å². The van der Waals surface area contributed by atoms with Crippen molar-refractivity contribution in [2.45, 2.75) is 104 Å². The van der Waals surface area contributed by atoms with Crippen LogP contribution in [0, 0.1) is 17.5 Å². The Balaban J connectivity index is 0.000000562. The molecule has 0 amide bonds. The molecule has 0 unspecified atom stereocenters. The summed E-state index contributed by atoms with van der Waals surface area (Å²) in [5.74, 6) is -2.98. The molecule has 9 heteroatoms. The van der Waals surface area contributed by atoms with Crippen molar-refractivity contribution in [2.75, 3.05) is 19.8 Å². The zero-order valence-corrected chi connectivity index (χ0v) is 27.5. The molecule has 3 aromatic carbocycles. The van der Waals surface area contributed by atoms with Crippen LogP contribution >= 0.6 is 0 Å². The molecule has 0 saturated carbocycles. The van der Waals surface area contributed by atoms with Gasteiger partial charge in [-0.3, -0.25) is 4.94 Å².